The standard InChI is InChI=1S/C36H46N6O9S/c1-7-23-18-36(23,33(46)41-52(48,49)25-12-13-25)40-30(44)28-17-24(50-31-26-11-9-8-10-22(26)14-15-37-31)20-42(28)32(45)27(19-38-29(43)16-21(2)3)39-34(47)51-35(4,5)6/h7-11,14-16,23-25,27-28H,1,12-13,17-20H2,2-6H3,(H,38,43)(H,39,47)(H,40,44)(H,41,46)/t23-,24?,27+,28+,36-/m1/s1. The Morgan fingerprint density at radius 2 is 1.83 bits per heavy atom. The number of likely N-dealkylation sites (tertiary alicyclic amines) is 1. The number of amides is 5. The predicted octanol–water partition coefficient (Wildman–Crippen LogP) is 2.23. The van der Waals surface area contributed by atoms with Gasteiger partial charge in [-0.15, -0.1) is 6.58 Å². The van der Waals surface area contributed by atoms with E-state index in [2.05, 4.69) is 32.2 Å². The lowest BCUT2D eigenvalue weighted by Crippen LogP contribution is -2.59. The molecule has 1 saturated heterocycles. The monoisotopic (exact) mass is 738 g/mol. The van der Waals surface area contributed by atoms with Gasteiger partial charge < -0.3 is 30.3 Å². The molecule has 5 rings (SSSR count). The number of benzene rings is 1. The summed E-state index contributed by atoms with van der Waals surface area (Å²) in [5.41, 5.74) is -1.80. The number of ether oxygens (including phenoxy) is 2. The van der Waals surface area contributed by atoms with Crippen molar-refractivity contribution in [2.24, 2.45) is 5.92 Å². The zero-order valence-electron chi connectivity index (χ0n) is 29.9. The van der Waals surface area contributed by atoms with E-state index in [1.54, 1.807) is 40.8 Å². The van der Waals surface area contributed by atoms with E-state index in [1.807, 2.05) is 30.3 Å². The molecule has 2 aromatic rings. The molecule has 1 aromatic carbocycles. The van der Waals surface area contributed by atoms with Gasteiger partial charge in [-0.2, -0.15) is 0 Å². The molecule has 0 spiro atoms. The zero-order chi connectivity index (χ0) is 38.0. The van der Waals surface area contributed by atoms with Crippen LogP contribution in [0.5, 0.6) is 5.88 Å². The molecule has 1 unspecified atom stereocenters. The van der Waals surface area contributed by atoms with Crippen LogP contribution in [0.3, 0.4) is 0 Å². The first-order valence-electron chi connectivity index (χ1n) is 17.2. The summed E-state index contributed by atoms with van der Waals surface area (Å²) in [5, 5.41) is 8.78. The smallest absolute Gasteiger partial charge is 0.408 e. The van der Waals surface area contributed by atoms with Gasteiger partial charge in [-0.1, -0.05) is 29.8 Å². The summed E-state index contributed by atoms with van der Waals surface area (Å²) in [7, 11) is -3.93. The normalized spacial score (nSPS) is 23.1. The average Bonchev–Trinajstić information content (AvgIpc) is 3.98. The minimum absolute atomic E-state index is 0.0391. The molecule has 1 aliphatic heterocycles. The maximum Gasteiger partial charge on any atom is 0.408 e. The molecule has 4 N–H and O–H groups in total. The van der Waals surface area contributed by atoms with Crippen molar-refractivity contribution >= 4 is 50.5 Å². The number of fused-ring (bicyclic) bond motifs is 1. The summed E-state index contributed by atoms with van der Waals surface area (Å²) in [6.45, 7) is 11.7. The summed E-state index contributed by atoms with van der Waals surface area (Å²) >= 11 is 0. The fourth-order valence-corrected chi connectivity index (χ4v) is 7.47. The van der Waals surface area contributed by atoms with Gasteiger partial charge in [0, 0.05) is 36.5 Å². The highest BCUT2D eigenvalue weighted by atomic mass is 32.2. The van der Waals surface area contributed by atoms with Crippen LogP contribution >= 0.6 is 0 Å². The van der Waals surface area contributed by atoms with Crippen molar-refractivity contribution in [1.82, 2.24) is 30.6 Å². The second-order valence-corrected chi connectivity index (χ2v) is 16.6. The van der Waals surface area contributed by atoms with Gasteiger partial charge in [0.25, 0.3) is 5.91 Å². The van der Waals surface area contributed by atoms with E-state index >= 15 is 0 Å². The summed E-state index contributed by atoms with van der Waals surface area (Å²) in [6, 6.07) is 6.62. The first-order chi connectivity index (χ1) is 24.4. The highest BCUT2D eigenvalue weighted by Gasteiger charge is 2.62. The molecule has 5 amide bonds. The zero-order valence-corrected chi connectivity index (χ0v) is 30.7. The van der Waals surface area contributed by atoms with E-state index in [4.69, 9.17) is 9.47 Å². The summed E-state index contributed by atoms with van der Waals surface area (Å²) in [5.74, 6) is -3.13. The highest BCUT2D eigenvalue weighted by molar-refractivity contribution is 7.91. The van der Waals surface area contributed by atoms with Crippen molar-refractivity contribution in [2.45, 2.75) is 94.9 Å². The van der Waals surface area contributed by atoms with Crippen LogP contribution in [-0.4, -0.2) is 95.7 Å². The molecule has 1 aromatic heterocycles. The molecule has 2 aliphatic carbocycles. The van der Waals surface area contributed by atoms with Crippen LogP contribution < -0.4 is 25.4 Å². The SMILES string of the molecule is C=C[C@@H]1C[C@]1(NC(=O)[C@@H]1CC(Oc2nccc3ccccc23)CN1C(=O)[C@H](CNC(=O)C=C(C)C)NC(=O)OC(C)(C)C)C(=O)NS(=O)(=O)C1CC1. The van der Waals surface area contributed by atoms with Gasteiger partial charge in [-0.05, 0) is 71.4 Å². The lowest BCUT2D eigenvalue weighted by Gasteiger charge is -2.30. The molecular formula is C36H46N6O9S. The lowest BCUT2D eigenvalue weighted by atomic mass is 10.1. The third-order valence-corrected chi connectivity index (χ3v) is 10.7. The van der Waals surface area contributed by atoms with Crippen LogP contribution in [0.4, 0.5) is 4.79 Å². The third kappa shape index (κ3) is 9.08. The largest absolute Gasteiger partial charge is 0.472 e. The van der Waals surface area contributed by atoms with Crippen LogP contribution in [0, 0.1) is 5.92 Å². The number of rotatable bonds is 13. The average molecular weight is 739 g/mol. The number of sulfonamides is 1. The number of hydrogen-bond donors (Lipinski definition) is 4. The van der Waals surface area contributed by atoms with E-state index in [0.717, 1.165) is 5.39 Å². The Kier molecular flexibility index (Phi) is 11.0. The quantitative estimate of drug-likeness (QED) is 0.174. The molecule has 2 saturated carbocycles. The second-order valence-electron chi connectivity index (χ2n) is 14.7. The van der Waals surface area contributed by atoms with E-state index in [-0.39, 0.29) is 31.8 Å². The van der Waals surface area contributed by atoms with Crippen molar-refractivity contribution in [1.29, 1.82) is 0 Å². The Labute approximate surface area is 303 Å². The van der Waals surface area contributed by atoms with Gasteiger partial charge in [0.2, 0.25) is 33.6 Å². The number of carbonyl (C=O) groups excluding carboxylic acids is 5. The second kappa shape index (κ2) is 14.9. The number of carbonyl (C=O) groups is 5. The van der Waals surface area contributed by atoms with Crippen molar-refractivity contribution < 1.29 is 41.9 Å². The Morgan fingerprint density at radius 3 is 2.46 bits per heavy atom. The Morgan fingerprint density at radius 1 is 1.12 bits per heavy atom. The number of alkyl carbamates (subject to hydrolysis) is 1. The molecule has 2 heterocycles. The van der Waals surface area contributed by atoms with Crippen molar-refractivity contribution in [2.75, 3.05) is 13.1 Å². The number of aromatic nitrogens is 1. The number of allylic oxidation sites excluding steroid dienone is 1. The van der Waals surface area contributed by atoms with E-state index in [1.165, 1.54) is 17.1 Å². The maximum atomic E-state index is 14.4. The predicted molar refractivity (Wildman–Crippen MR) is 191 cm³/mol. The maximum absolute atomic E-state index is 14.4. The van der Waals surface area contributed by atoms with Gasteiger partial charge in [0.15, 0.2) is 0 Å². The molecule has 3 aliphatic rings. The van der Waals surface area contributed by atoms with Crippen LogP contribution in [0.2, 0.25) is 0 Å². The Balaban J connectivity index is 1.44. The number of hydrogen-bond acceptors (Lipinski definition) is 10. The molecule has 16 heteroatoms. The van der Waals surface area contributed by atoms with Gasteiger partial charge in [-0.3, -0.25) is 23.9 Å². The van der Waals surface area contributed by atoms with E-state index in [0.29, 0.717) is 23.8 Å². The molecule has 0 radical (unpaired) electrons. The van der Waals surface area contributed by atoms with Crippen molar-refractivity contribution in [3.63, 3.8) is 0 Å². The molecule has 52 heavy (non-hydrogen) atoms. The van der Waals surface area contributed by atoms with Crippen molar-refractivity contribution in [3.8, 4) is 5.88 Å². The minimum Gasteiger partial charge on any atom is -0.472 e. The van der Waals surface area contributed by atoms with Gasteiger partial charge in [-0.25, -0.2) is 18.2 Å². The topological polar surface area (TPSA) is 202 Å². The minimum atomic E-state index is -3.93. The first kappa shape index (κ1) is 38.2. The lowest BCUT2D eigenvalue weighted by molar-refractivity contribution is -0.141. The molecular weight excluding hydrogens is 692 g/mol. The van der Waals surface area contributed by atoms with Gasteiger partial charge in [0.1, 0.15) is 29.3 Å². The molecule has 5 atom stereocenters. The summed E-state index contributed by atoms with van der Waals surface area (Å²) < 4.78 is 39.1. The van der Waals surface area contributed by atoms with Crippen LogP contribution in [0.15, 0.2) is 60.8 Å². The molecule has 280 valence electrons. The van der Waals surface area contributed by atoms with E-state index < -0.39 is 80.2 Å². The van der Waals surface area contributed by atoms with Crippen LogP contribution in [0.1, 0.15) is 60.3 Å². The third-order valence-electron chi connectivity index (χ3n) is 8.90. The van der Waals surface area contributed by atoms with Crippen LogP contribution in [-0.2, 0) is 33.9 Å². The number of pyridine rings is 1. The summed E-state index contributed by atoms with van der Waals surface area (Å²) in [4.78, 5) is 73.1. The fraction of sp³-hybridized carbons (Fsp3) is 0.500. The number of nitrogens with zero attached hydrogens (tertiary/aromatic N) is 2. The summed E-state index contributed by atoms with van der Waals surface area (Å²) in [6.07, 6.45) is 3.63. The molecule has 3 fully saturated rings. The molecule has 0 bridgehead atoms. The van der Waals surface area contributed by atoms with Gasteiger partial charge >= 0.3 is 6.09 Å². The highest BCUT2D eigenvalue weighted by Crippen LogP contribution is 2.45. The fourth-order valence-electron chi connectivity index (χ4n) is 6.10. The first-order valence-corrected chi connectivity index (χ1v) is 18.7. The Hall–Kier alpha value is -4.99. The molecule has 15 nitrogen and oxygen atoms in total. The van der Waals surface area contributed by atoms with Crippen LogP contribution in [0.25, 0.3) is 10.8 Å². The van der Waals surface area contributed by atoms with Gasteiger partial charge in [0.05, 0.1) is 11.8 Å². The van der Waals surface area contributed by atoms with E-state index in [9.17, 15) is 32.4 Å². The number of nitrogens with one attached hydrogen (secondary N) is 4. The van der Waals surface area contributed by atoms with Crippen molar-refractivity contribution in [3.05, 3.63) is 60.8 Å². The Bertz CT molecular complexity index is 1900.